The van der Waals surface area contributed by atoms with Crippen LogP contribution in [0.2, 0.25) is 10.0 Å². The Hall–Kier alpha value is -1.73. The minimum Gasteiger partial charge on any atom is -0.490 e. The molecule has 1 fully saturated rings. The molecule has 2 aromatic rings. The minimum atomic E-state index is -0.132. The molecular weight excluding hydrogens is 437 g/mol. The third-order valence-electron chi connectivity index (χ3n) is 3.91. The Balaban J connectivity index is 1.86. The van der Waals surface area contributed by atoms with E-state index < -0.39 is 0 Å². The molecule has 1 saturated heterocycles. The van der Waals surface area contributed by atoms with Crippen LogP contribution in [0, 0.1) is 0 Å². The molecule has 3 rings (SSSR count). The first-order chi connectivity index (χ1) is 13.4. The Morgan fingerprint density at radius 2 is 1.89 bits per heavy atom. The smallest absolute Gasteiger partial charge is 0.265 e. The van der Waals surface area contributed by atoms with Gasteiger partial charge in [0.1, 0.15) is 10.9 Å². The Labute approximate surface area is 183 Å². The fourth-order valence-corrected chi connectivity index (χ4v) is 4.09. The van der Waals surface area contributed by atoms with Crippen molar-refractivity contribution in [1.29, 1.82) is 0 Å². The first kappa shape index (κ1) is 21.0. The van der Waals surface area contributed by atoms with Gasteiger partial charge in [-0.05, 0) is 48.4 Å². The van der Waals surface area contributed by atoms with Crippen molar-refractivity contribution in [2.45, 2.75) is 13.5 Å². The lowest BCUT2D eigenvalue weighted by Crippen LogP contribution is -2.22. The van der Waals surface area contributed by atoms with Crippen molar-refractivity contribution in [2.24, 2.45) is 0 Å². The zero-order valence-electron chi connectivity index (χ0n) is 15.2. The molecule has 8 heteroatoms. The van der Waals surface area contributed by atoms with E-state index in [0.29, 0.717) is 44.0 Å². The lowest BCUT2D eigenvalue weighted by atomic mass is 10.1. The highest BCUT2D eigenvalue weighted by atomic mass is 35.5. The van der Waals surface area contributed by atoms with Gasteiger partial charge in [-0.3, -0.25) is 9.69 Å². The molecule has 1 heterocycles. The quantitative estimate of drug-likeness (QED) is 0.407. The molecule has 1 aliphatic rings. The van der Waals surface area contributed by atoms with Crippen LogP contribution in [0.3, 0.4) is 0 Å². The summed E-state index contributed by atoms with van der Waals surface area (Å²) in [6, 6.07) is 10.9. The Morgan fingerprint density at radius 3 is 2.50 bits per heavy atom. The van der Waals surface area contributed by atoms with E-state index in [1.165, 1.54) is 16.7 Å². The average Bonchev–Trinajstić information content (AvgIpc) is 2.89. The number of likely N-dealkylation sites (N-methyl/N-ethyl adjacent to an activating group) is 1. The van der Waals surface area contributed by atoms with Gasteiger partial charge in [-0.1, -0.05) is 59.3 Å². The Bertz CT molecular complexity index is 945. The number of hydrogen-bond acceptors (Lipinski definition) is 5. The van der Waals surface area contributed by atoms with Gasteiger partial charge in [0.15, 0.2) is 11.5 Å². The molecule has 0 radical (unpaired) electrons. The van der Waals surface area contributed by atoms with E-state index >= 15 is 0 Å². The van der Waals surface area contributed by atoms with Gasteiger partial charge < -0.3 is 9.47 Å². The molecule has 0 spiro atoms. The van der Waals surface area contributed by atoms with Gasteiger partial charge in [-0.2, -0.15) is 0 Å². The zero-order valence-corrected chi connectivity index (χ0v) is 18.3. The summed E-state index contributed by atoms with van der Waals surface area (Å²) in [7, 11) is 1.66. The second-order valence-corrected chi connectivity index (χ2v) is 8.44. The third kappa shape index (κ3) is 4.81. The summed E-state index contributed by atoms with van der Waals surface area (Å²) in [6.45, 7) is 2.66. The summed E-state index contributed by atoms with van der Waals surface area (Å²) in [5.41, 5.74) is 1.69. The van der Waals surface area contributed by atoms with E-state index in [0.717, 1.165) is 11.1 Å². The number of thiocarbonyl (C=S) groups is 1. The molecule has 0 saturated carbocycles. The molecular formula is C20H17Cl2NO3S2. The van der Waals surface area contributed by atoms with Crippen molar-refractivity contribution in [1.82, 2.24) is 4.90 Å². The molecule has 0 unspecified atom stereocenters. The van der Waals surface area contributed by atoms with Gasteiger partial charge in [0.2, 0.25) is 0 Å². The molecule has 0 bridgehead atoms. The topological polar surface area (TPSA) is 38.8 Å². The predicted molar refractivity (Wildman–Crippen MR) is 119 cm³/mol. The molecule has 4 nitrogen and oxygen atoms in total. The van der Waals surface area contributed by atoms with Crippen molar-refractivity contribution in [3.8, 4) is 11.5 Å². The van der Waals surface area contributed by atoms with Crippen molar-refractivity contribution in [3.63, 3.8) is 0 Å². The van der Waals surface area contributed by atoms with E-state index in [-0.39, 0.29) is 5.91 Å². The number of hydrogen-bond donors (Lipinski definition) is 0. The van der Waals surface area contributed by atoms with E-state index in [2.05, 4.69) is 0 Å². The van der Waals surface area contributed by atoms with Gasteiger partial charge in [-0.15, -0.1) is 0 Å². The normalized spacial score (nSPS) is 15.4. The van der Waals surface area contributed by atoms with Gasteiger partial charge in [0, 0.05) is 12.1 Å². The monoisotopic (exact) mass is 453 g/mol. The molecule has 1 aliphatic heterocycles. The highest BCUT2D eigenvalue weighted by Crippen LogP contribution is 2.39. The van der Waals surface area contributed by atoms with Gasteiger partial charge in [0.25, 0.3) is 5.91 Å². The molecule has 2 aromatic carbocycles. The third-order valence-corrected chi connectivity index (χ3v) is 5.93. The number of halogens is 2. The maximum Gasteiger partial charge on any atom is 0.265 e. The Morgan fingerprint density at radius 1 is 1.18 bits per heavy atom. The molecule has 1 amide bonds. The van der Waals surface area contributed by atoms with Crippen LogP contribution in [0.25, 0.3) is 6.08 Å². The second kappa shape index (κ2) is 9.18. The molecule has 0 atom stereocenters. The first-order valence-corrected chi connectivity index (χ1v) is 10.4. The number of rotatable bonds is 6. The second-order valence-electron chi connectivity index (χ2n) is 5.92. The Kier molecular flexibility index (Phi) is 6.88. The lowest BCUT2D eigenvalue weighted by molar-refractivity contribution is -0.121. The molecule has 0 N–H and O–H groups in total. The summed E-state index contributed by atoms with van der Waals surface area (Å²) in [5, 5.41) is 1.07. The van der Waals surface area contributed by atoms with Crippen molar-refractivity contribution in [3.05, 3.63) is 62.5 Å². The zero-order chi connectivity index (χ0) is 20.3. The maximum atomic E-state index is 12.2. The number of carbonyl (C=O) groups excluding carboxylic acids is 1. The van der Waals surface area contributed by atoms with E-state index in [1.807, 2.05) is 19.1 Å². The van der Waals surface area contributed by atoms with E-state index in [4.69, 9.17) is 44.9 Å². The molecule has 0 aliphatic carbocycles. The number of nitrogens with zero attached hydrogens (tertiary/aromatic N) is 1. The fraction of sp³-hybridized carbons (Fsp3) is 0.200. The SMILES string of the molecule is CCOc1cc(C=C2SC(=S)N(C)C2=O)cc(Cl)c1OCc1ccc(Cl)cc1. The number of ether oxygens (including phenoxy) is 2. The van der Waals surface area contributed by atoms with Gasteiger partial charge >= 0.3 is 0 Å². The first-order valence-electron chi connectivity index (χ1n) is 8.44. The number of carbonyl (C=O) groups is 1. The number of benzene rings is 2. The standard InChI is InChI=1S/C20H17Cl2NO3S2/c1-3-25-16-9-13(10-17-19(24)23(2)20(27)28-17)8-15(22)18(16)26-11-12-4-6-14(21)7-5-12/h4-10H,3,11H2,1-2H3. The summed E-state index contributed by atoms with van der Waals surface area (Å²) >= 11 is 18.8. The van der Waals surface area contributed by atoms with Crippen LogP contribution in [-0.4, -0.2) is 28.8 Å². The van der Waals surface area contributed by atoms with E-state index in [9.17, 15) is 4.79 Å². The summed E-state index contributed by atoms with van der Waals surface area (Å²) in [5.74, 6) is 0.841. The fourth-order valence-electron chi connectivity index (χ4n) is 2.51. The summed E-state index contributed by atoms with van der Waals surface area (Å²) in [4.78, 5) is 14.2. The highest BCUT2D eigenvalue weighted by Gasteiger charge is 2.28. The van der Waals surface area contributed by atoms with Crippen LogP contribution in [0.5, 0.6) is 11.5 Å². The average molecular weight is 454 g/mol. The molecule has 0 aromatic heterocycles. The van der Waals surface area contributed by atoms with Crippen LogP contribution in [0.1, 0.15) is 18.1 Å². The van der Waals surface area contributed by atoms with Crippen LogP contribution in [0.4, 0.5) is 0 Å². The van der Waals surface area contributed by atoms with Crippen LogP contribution in [-0.2, 0) is 11.4 Å². The predicted octanol–water partition coefficient (Wildman–Crippen LogP) is 5.80. The van der Waals surface area contributed by atoms with Crippen molar-refractivity contribution < 1.29 is 14.3 Å². The number of amides is 1. The van der Waals surface area contributed by atoms with Crippen LogP contribution >= 0.6 is 47.2 Å². The molecule has 146 valence electrons. The van der Waals surface area contributed by atoms with Crippen molar-refractivity contribution >= 4 is 63.5 Å². The van der Waals surface area contributed by atoms with E-state index in [1.54, 1.807) is 37.4 Å². The van der Waals surface area contributed by atoms with Gasteiger partial charge in [0.05, 0.1) is 16.5 Å². The van der Waals surface area contributed by atoms with Gasteiger partial charge in [-0.25, -0.2) is 0 Å². The lowest BCUT2D eigenvalue weighted by Gasteiger charge is -2.15. The summed E-state index contributed by atoms with van der Waals surface area (Å²) in [6.07, 6.45) is 1.75. The summed E-state index contributed by atoms with van der Waals surface area (Å²) < 4.78 is 12.1. The minimum absolute atomic E-state index is 0.132. The molecule has 28 heavy (non-hydrogen) atoms. The highest BCUT2D eigenvalue weighted by molar-refractivity contribution is 8.26. The van der Waals surface area contributed by atoms with Crippen molar-refractivity contribution in [2.75, 3.05) is 13.7 Å². The number of thioether (sulfide) groups is 1. The largest absolute Gasteiger partial charge is 0.490 e. The maximum absolute atomic E-state index is 12.2. The van der Waals surface area contributed by atoms with Crippen LogP contribution < -0.4 is 9.47 Å². The van der Waals surface area contributed by atoms with Crippen LogP contribution in [0.15, 0.2) is 41.3 Å².